The second-order valence-corrected chi connectivity index (χ2v) is 36.7. The largest absolute Gasteiger partial charge is 0.415 e. The van der Waals surface area contributed by atoms with Gasteiger partial charge in [0.2, 0.25) is 0 Å². The molecule has 3 saturated carbocycles. The van der Waals surface area contributed by atoms with Gasteiger partial charge in [-0.3, -0.25) is 0 Å². The van der Waals surface area contributed by atoms with Gasteiger partial charge in [0.1, 0.15) is 7.11 Å². The van der Waals surface area contributed by atoms with E-state index in [2.05, 4.69) is 104 Å². The first-order chi connectivity index (χ1) is 19.9. The number of hydrogen-bond donors (Lipinski definition) is 0. The molecule has 0 radical (unpaired) electrons. The Morgan fingerprint density at radius 1 is 0.841 bits per heavy atom. The average molecular weight is 682 g/mol. The van der Waals surface area contributed by atoms with Gasteiger partial charge in [0.15, 0.2) is 33.3 Å². The van der Waals surface area contributed by atoms with E-state index in [9.17, 15) is 0 Å². The lowest BCUT2D eigenvalue weighted by atomic mass is 9.45. The van der Waals surface area contributed by atoms with Crippen molar-refractivity contribution in [2.45, 2.75) is 155 Å². The molecular formula is C34H67NO5Si4. The van der Waals surface area contributed by atoms with Gasteiger partial charge >= 0.3 is 0 Å². The summed E-state index contributed by atoms with van der Waals surface area (Å²) in [6.07, 6.45) is 10.3. The second-order valence-electron chi connectivity index (χ2n) is 18.9. The van der Waals surface area contributed by atoms with Crippen LogP contribution in [0.3, 0.4) is 0 Å². The second kappa shape index (κ2) is 12.4. The van der Waals surface area contributed by atoms with E-state index >= 15 is 0 Å². The van der Waals surface area contributed by atoms with Crippen molar-refractivity contribution < 1.29 is 22.5 Å². The monoisotopic (exact) mass is 681 g/mol. The molecule has 254 valence electrons. The Balaban J connectivity index is 1.86. The van der Waals surface area contributed by atoms with Crippen molar-refractivity contribution in [3.05, 3.63) is 11.6 Å². The molecule has 0 N–H and O–H groups in total. The molecule has 4 aliphatic carbocycles. The molecule has 0 saturated heterocycles. The first kappa shape index (κ1) is 36.7. The Bertz CT molecular complexity index is 1100. The molecule has 8 atom stereocenters. The zero-order chi connectivity index (χ0) is 33.1. The van der Waals surface area contributed by atoms with E-state index in [1.165, 1.54) is 12.8 Å². The molecule has 4 aliphatic rings. The minimum atomic E-state index is -1.98. The van der Waals surface area contributed by atoms with Gasteiger partial charge in [-0.1, -0.05) is 24.6 Å². The van der Waals surface area contributed by atoms with E-state index in [4.69, 9.17) is 22.5 Å². The lowest BCUT2D eigenvalue weighted by molar-refractivity contribution is -0.192. The van der Waals surface area contributed by atoms with E-state index in [0.29, 0.717) is 24.4 Å². The van der Waals surface area contributed by atoms with E-state index in [1.54, 1.807) is 12.7 Å². The minimum Gasteiger partial charge on any atom is -0.415 e. The number of nitrogens with zero attached hydrogens (tertiary/aromatic N) is 1. The highest BCUT2D eigenvalue weighted by Crippen LogP contribution is 2.70. The summed E-state index contributed by atoms with van der Waals surface area (Å²) in [6.45, 7) is 33.9. The van der Waals surface area contributed by atoms with Crippen LogP contribution in [0.15, 0.2) is 16.8 Å². The fraction of sp³-hybridized carbons (Fsp3) is 0.912. The van der Waals surface area contributed by atoms with Gasteiger partial charge in [0, 0.05) is 11.5 Å². The van der Waals surface area contributed by atoms with E-state index in [1.807, 2.05) is 0 Å². The summed E-state index contributed by atoms with van der Waals surface area (Å²) in [5, 5.41) is 4.37. The molecule has 0 aromatic carbocycles. The number of allylic oxidation sites excluding steroid dienone is 2. The van der Waals surface area contributed by atoms with Crippen molar-refractivity contribution in [2.24, 2.45) is 33.7 Å². The summed E-state index contributed by atoms with van der Waals surface area (Å²) >= 11 is 0. The zero-order valence-corrected chi connectivity index (χ0v) is 35.1. The maximum Gasteiger partial charge on any atom is 0.184 e. The third-order valence-corrected chi connectivity index (χ3v) is 15.0. The van der Waals surface area contributed by atoms with E-state index in [-0.39, 0.29) is 28.6 Å². The molecule has 4 rings (SSSR count). The van der Waals surface area contributed by atoms with Crippen LogP contribution in [0.4, 0.5) is 0 Å². The SMILES string of the molecule is CON=C1C=C2CCC3C(C(O[Si](C)(C)C)CC4(C)C3CCC4(O[Si](C)(C)C)C(CO[Si](C)(C)C)O[Si](C)(C)C)C2(C)CC1. The van der Waals surface area contributed by atoms with Gasteiger partial charge in [-0.05, 0) is 153 Å². The number of oxime groups is 1. The molecule has 6 nitrogen and oxygen atoms in total. The number of rotatable bonds is 11. The molecule has 0 amide bonds. The summed E-state index contributed by atoms with van der Waals surface area (Å²) in [6, 6.07) is 0. The van der Waals surface area contributed by atoms with Crippen molar-refractivity contribution in [3.8, 4) is 0 Å². The Kier molecular flexibility index (Phi) is 10.4. The van der Waals surface area contributed by atoms with Gasteiger partial charge in [-0.2, -0.15) is 0 Å². The smallest absolute Gasteiger partial charge is 0.184 e. The Hall–Kier alpha value is -0.0825. The van der Waals surface area contributed by atoms with Crippen LogP contribution >= 0.6 is 0 Å². The van der Waals surface area contributed by atoms with Crippen LogP contribution in [0.1, 0.15) is 58.8 Å². The van der Waals surface area contributed by atoms with Crippen LogP contribution in [-0.4, -0.2) is 70.5 Å². The molecule has 8 unspecified atom stereocenters. The molecule has 0 aliphatic heterocycles. The highest BCUT2D eigenvalue weighted by atomic mass is 28.4. The summed E-state index contributed by atoms with van der Waals surface area (Å²) in [4.78, 5) is 5.21. The normalized spacial score (nSPS) is 38.1. The van der Waals surface area contributed by atoms with Crippen molar-refractivity contribution in [1.82, 2.24) is 0 Å². The topological polar surface area (TPSA) is 58.5 Å². The molecule has 0 aromatic heterocycles. The van der Waals surface area contributed by atoms with Gasteiger partial charge in [0.25, 0.3) is 0 Å². The highest BCUT2D eigenvalue weighted by molar-refractivity contribution is 6.71. The fourth-order valence-corrected chi connectivity index (χ4v) is 14.2. The summed E-state index contributed by atoms with van der Waals surface area (Å²) in [7, 11) is -5.85. The Morgan fingerprint density at radius 3 is 2.05 bits per heavy atom. The van der Waals surface area contributed by atoms with Crippen LogP contribution in [0.5, 0.6) is 0 Å². The van der Waals surface area contributed by atoms with E-state index in [0.717, 1.165) is 37.8 Å². The molecule has 0 spiro atoms. The number of fused-ring (bicyclic) bond motifs is 5. The average Bonchev–Trinajstić information content (AvgIpc) is 3.10. The standard InChI is InChI=1S/C34H67NO5Si4/c1-32-20-18-26(35-36-3)22-25(32)16-17-27-28-19-21-34(40-44(13,14)15,30(39-43(10,11)12)24-37-41(4,5)6)33(28,2)23-29(31(27)32)38-42(7,8)9/h22,27-31H,16-21,23-24H2,1-15H3. The highest BCUT2D eigenvalue weighted by Gasteiger charge is 2.70. The van der Waals surface area contributed by atoms with Crippen molar-refractivity contribution >= 4 is 39.0 Å². The van der Waals surface area contributed by atoms with Gasteiger partial charge < -0.3 is 22.5 Å². The Morgan fingerprint density at radius 2 is 1.50 bits per heavy atom. The van der Waals surface area contributed by atoms with E-state index < -0.39 is 33.3 Å². The van der Waals surface area contributed by atoms with Gasteiger partial charge in [-0.25, -0.2) is 0 Å². The summed E-state index contributed by atoms with van der Waals surface area (Å²) in [5.74, 6) is 1.70. The third-order valence-electron chi connectivity index (χ3n) is 11.0. The lowest BCUT2D eigenvalue weighted by Gasteiger charge is -2.64. The summed E-state index contributed by atoms with van der Waals surface area (Å²) in [5.41, 5.74) is 2.36. The zero-order valence-electron chi connectivity index (χ0n) is 31.1. The van der Waals surface area contributed by atoms with Crippen molar-refractivity contribution in [1.29, 1.82) is 0 Å². The van der Waals surface area contributed by atoms with Gasteiger partial charge in [0.05, 0.1) is 24.0 Å². The molecule has 44 heavy (non-hydrogen) atoms. The molecule has 3 fully saturated rings. The first-order valence-corrected chi connectivity index (χ1v) is 31.1. The van der Waals surface area contributed by atoms with Crippen LogP contribution in [-0.2, 0) is 22.5 Å². The quantitative estimate of drug-likeness (QED) is 0.161. The fourth-order valence-electron chi connectivity index (χ4n) is 9.76. The van der Waals surface area contributed by atoms with Crippen LogP contribution in [0.25, 0.3) is 0 Å². The molecule has 0 bridgehead atoms. The van der Waals surface area contributed by atoms with Crippen molar-refractivity contribution in [3.63, 3.8) is 0 Å². The van der Waals surface area contributed by atoms with Crippen molar-refractivity contribution in [2.75, 3.05) is 13.7 Å². The predicted molar refractivity (Wildman–Crippen MR) is 194 cm³/mol. The maximum atomic E-state index is 7.65. The molecule has 10 heteroatoms. The maximum absolute atomic E-state index is 7.65. The van der Waals surface area contributed by atoms with Crippen LogP contribution in [0.2, 0.25) is 78.6 Å². The molecule has 0 heterocycles. The lowest BCUT2D eigenvalue weighted by Crippen LogP contribution is -2.67. The van der Waals surface area contributed by atoms with Crippen LogP contribution in [0, 0.1) is 28.6 Å². The summed E-state index contributed by atoms with van der Waals surface area (Å²) < 4.78 is 29.1. The van der Waals surface area contributed by atoms with Gasteiger partial charge in [-0.15, -0.1) is 0 Å². The Labute approximate surface area is 275 Å². The minimum absolute atomic E-state index is 0.0548. The predicted octanol–water partition coefficient (Wildman–Crippen LogP) is 9.44. The third kappa shape index (κ3) is 7.63. The molecule has 0 aromatic rings. The van der Waals surface area contributed by atoms with Crippen LogP contribution < -0.4 is 0 Å². The first-order valence-electron chi connectivity index (χ1n) is 17.4. The number of hydrogen-bond acceptors (Lipinski definition) is 6. The molecular weight excluding hydrogens is 615 g/mol.